The third-order valence-electron chi connectivity index (χ3n) is 3.88. The Morgan fingerprint density at radius 3 is 2.65 bits per heavy atom. The molecule has 4 nitrogen and oxygen atoms in total. The number of carbonyl (C=O) groups excluding carboxylic acids is 1. The molecule has 134 valence electrons. The van der Waals surface area contributed by atoms with Crippen LogP contribution in [0.25, 0.3) is 11.3 Å². The number of benzene rings is 2. The molecule has 0 aliphatic rings. The zero-order chi connectivity index (χ0) is 18.9. The fourth-order valence-corrected chi connectivity index (χ4v) is 3.42. The maximum atomic E-state index is 13.5. The van der Waals surface area contributed by atoms with Crippen molar-refractivity contribution in [3.05, 3.63) is 70.1 Å². The van der Waals surface area contributed by atoms with Crippen molar-refractivity contribution in [2.75, 3.05) is 5.32 Å². The molecule has 1 aromatic heterocycles. The van der Waals surface area contributed by atoms with E-state index < -0.39 is 17.2 Å². The molecule has 1 atom stereocenters. The van der Waals surface area contributed by atoms with E-state index in [4.69, 9.17) is 0 Å². The van der Waals surface area contributed by atoms with Gasteiger partial charge in [0, 0.05) is 23.6 Å². The Labute approximate surface area is 153 Å². The lowest BCUT2D eigenvalue weighted by Crippen LogP contribution is -2.23. The average molecular weight is 374 g/mol. The van der Waals surface area contributed by atoms with Gasteiger partial charge in [-0.15, -0.1) is 11.3 Å². The second-order valence-corrected chi connectivity index (χ2v) is 6.86. The summed E-state index contributed by atoms with van der Waals surface area (Å²) in [6, 6.07) is 10.4. The molecule has 0 fully saturated rings. The summed E-state index contributed by atoms with van der Waals surface area (Å²) in [6.07, 6.45) is 0. The molecule has 1 unspecified atom stereocenters. The fraction of sp³-hybridized carbons (Fsp3) is 0.158. The van der Waals surface area contributed by atoms with Gasteiger partial charge in [-0.3, -0.25) is 4.79 Å². The third-order valence-corrected chi connectivity index (χ3v) is 4.93. The van der Waals surface area contributed by atoms with Crippen molar-refractivity contribution < 1.29 is 18.7 Å². The summed E-state index contributed by atoms with van der Waals surface area (Å²) in [7, 11) is 0. The van der Waals surface area contributed by atoms with E-state index in [-0.39, 0.29) is 11.5 Å². The Bertz CT molecular complexity index is 970. The number of rotatable bonds is 4. The van der Waals surface area contributed by atoms with Crippen molar-refractivity contribution in [3.63, 3.8) is 0 Å². The van der Waals surface area contributed by atoms with Gasteiger partial charge in [-0.2, -0.15) is 0 Å². The summed E-state index contributed by atoms with van der Waals surface area (Å²) in [4.78, 5) is 15.6. The highest BCUT2D eigenvalue weighted by molar-refractivity contribution is 7.10. The minimum Gasteiger partial charge on any atom is -0.378 e. The summed E-state index contributed by atoms with van der Waals surface area (Å²) in [6.45, 7) is 2.91. The van der Waals surface area contributed by atoms with Crippen LogP contribution in [0.2, 0.25) is 0 Å². The first-order valence-corrected chi connectivity index (χ1v) is 8.67. The van der Waals surface area contributed by atoms with Crippen LogP contribution in [0, 0.1) is 11.6 Å². The Hall–Kier alpha value is -2.64. The van der Waals surface area contributed by atoms with Crippen LogP contribution >= 0.6 is 11.3 Å². The molecule has 0 radical (unpaired) electrons. The van der Waals surface area contributed by atoms with Crippen LogP contribution < -0.4 is 5.32 Å². The number of hydrogen-bond donors (Lipinski definition) is 2. The van der Waals surface area contributed by atoms with Crippen LogP contribution in [0.15, 0.2) is 47.8 Å². The first kappa shape index (κ1) is 18.2. The Kier molecular flexibility index (Phi) is 4.84. The lowest BCUT2D eigenvalue weighted by atomic mass is 9.96. The topological polar surface area (TPSA) is 62.2 Å². The van der Waals surface area contributed by atoms with Crippen molar-refractivity contribution >= 4 is 22.9 Å². The molecular weight excluding hydrogens is 358 g/mol. The quantitative estimate of drug-likeness (QED) is 0.716. The van der Waals surface area contributed by atoms with E-state index in [0.717, 1.165) is 17.7 Å². The van der Waals surface area contributed by atoms with E-state index in [1.807, 2.05) is 6.07 Å². The van der Waals surface area contributed by atoms with Gasteiger partial charge in [-0.05, 0) is 36.8 Å². The normalized spacial score (nSPS) is 13.3. The molecule has 1 heterocycles. The summed E-state index contributed by atoms with van der Waals surface area (Å²) in [5.41, 5.74) is 0.660. The Balaban J connectivity index is 1.94. The van der Waals surface area contributed by atoms with E-state index in [0.29, 0.717) is 16.4 Å². The number of hydrogen-bond acceptors (Lipinski definition) is 4. The number of anilines is 1. The standard InChI is InChI=1S/C19H16F2N2O2S/c1-11(24)22-14-5-3-4-12(8-14)17-10-26-18(23-17)19(2,25)13-6-7-15(20)16(21)9-13/h3-10,25H,1-2H3,(H,22,24). The molecule has 26 heavy (non-hydrogen) atoms. The van der Waals surface area contributed by atoms with E-state index in [1.165, 1.54) is 31.3 Å². The fourth-order valence-electron chi connectivity index (χ4n) is 2.51. The van der Waals surface area contributed by atoms with Crippen molar-refractivity contribution in [1.82, 2.24) is 4.98 Å². The van der Waals surface area contributed by atoms with Crippen molar-refractivity contribution in [3.8, 4) is 11.3 Å². The molecule has 0 saturated carbocycles. The lowest BCUT2D eigenvalue weighted by Gasteiger charge is -2.21. The molecular formula is C19H16F2N2O2S. The molecule has 0 aliphatic heterocycles. The SMILES string of the molecule is CC(=O)Nc1cccc(-c2csc(C(C)(O)c3ccc(F)c(F)c3)n2)c1. The van der Waals surface area contributed by atoms with Gasteiger partial charge >= 0.3 is 0 Å². The van der Waals surface area contributed by atoms with Gasteiger partial charge < -0.3 is 10.4 Å². The summed E-state index contributed by atoms with van der Waals surface area (Å²) in [5.74, 6) is -2.18. The highest BCUT2D eigenvalue weighted by atomic mass is 32.1. The minimum absolute atomic E-state index is 0.178. The number of nitrogens with one attached hydrogen (secondary N) is 1. The second-order valence-electron chi connectivity index (χ2n) is 6.00. The average Bonchev–Trinajstić information content (AvgIpc) is 3.08. The van der Waals surface area contributed by atoms with Gasteiger partial charge in [0.05, 0.1) is 5.69 Å². The largest absolute Gasteiger partial charge is 0.378 e. The van der Waals surface area contributed by atoms with Gasteiger partial charge in [0.25, 0.3) is 0 Å². The minimum atomic E-state index is -1.56. The molecule has 0 bridgehead atoms. The van der Waals surface area contributed by atoms with E-state index >= 15 is 0 Å². The van der Waals surface area contributed by atoms with Crippen LogP contribution in [0.1, 0.15) is 24.4 Å². The van der Waals surface area contributed by atoms with Crippen molar-refractivity contribution in [2.45, 2.75) is 19.4 Å². The van der Waals surface area contributed by atoms with Crippen molar-refractivity contribution in [1.29, 1.82) is 0 Å². The molecule has 3 aromatic rings. The van der Waals surface area contributed by atoms with Gasteiger partial charge in [0.2, 0.25) is 5.91 Å². The number of carbonyl (C=O) groups is 1. The molecule has 0 spiro atoms. The van der Waals surface area contributed by atoms with Crippen LogP contribution in [0.4, 0.5) is 14.5 Å². The first-order chi connectivity index (χ1) is 12.3. The first-order valence-electron chi connectivity index (χ1n) is 7.79. The number of nitrogens with zero attached hydrogens (tertiary/aromatic N) is 1. The number of amides is 1. The van der Waals surface area contributed by atoms with Gasteiger partial charge in [0.15, 0.2) is 11.6 Å². The smallest absolute Gasteiger partial charge is 0.221 e. The van der Waals surface area contributed by atoms with E-state index in [2.05, 4.69) is 10.3 Å². The molecule has 3 rings (SSSR count). The summed E-state index contributed by atoms with van der Waals surface area (Å²) >= 11 is 1.21. The molecule has 2 N–H and O–H groups in total. The van der Waals surface area contributed by atoms with Crippen LogP contribution in [0.5, 0.6) is 0 Å². The van der Waals surface area contributed by atoms with Gasteiger partial charge in [-0.1, -0.05) is 18.2 Å². The maximum absolute atomic E-state index is 13.5. The van der Waals surface area contributed by atoms with E-state index in [9.17, 15) is 18.7 Å². The Morgan fingerprint density at radius 1 is 1.19 bits per heavy atom. The number of aromatic nitrogens is 1. The number of aliphatic hydroxyl groups is 1. The molecule has 2 aromatic carbocycles. The van der Waals surface area contributed by atoms with Gasteiger partial charge in [-0.25, -0.2) is 13.8 Å². The lowest BCUT2D eigenvalue weighted by molar-refractivity contribution is -0.114. The van der Waals surface area contributed by atoms with Crippen LogP contribution in [-0.2, 0) is 10.4 Å². The summed E-state index contributed by atoms with van der Waals surface area (Å²) in [5, 5.41) is 15.6. The molecule has 1 amide bonds. The predicted octanol–water partition coefficient (Wildman–Crippen LogP) is 4.30. The summed E-state index contributed by atoms with van der Waals surface area (Å²) < 4.78 is 26.6. The van der Waals surface area contributed by atoms with E-state index in [1.54, 1.807) is 23.6 Å². The van der Waals surface area contributed by atoms with Crippen LogP contribution in [-0.4, -0.2) is 16.0 Å². The predicted molar refractivity (Wildman–Crippen MR) is 96.9 cm³/mol. The highest BCUT2D eigenvalue weighted by Gasteiger charge is 2.30. The molecule has 0 aliphatic carbocycles. The maximum Gasteiger partial charge on any atom is 0.221 e. The van der Waals surface area contributed by atoms with Crippen LogP contribution in [0.3, 0.4) is 0 Å². The number of thiazole rings is 1. The third kappa shape index (κ3) is 3.63. The monoisotopic (exact) mass is 374 g/mol. The second kappa shape index (κ2) is 6.93. The molecule has 7 heteroatoms. The zero-order valence-electron chi connectivity index (χ0n) is 14.1. The van der Waals surface area contributed by atoms with Gasteiger partial charge in [0.1, 0.15) is 10.6 Å². The number of halogens is 2. The Morgan fingerprint density at radius 2 is 1.96 bits per heavy atom. The zero-order valence-corrected chi connectivity index (χ0v) is 14.9. The highest BCUT2D eigenvalue weighted by Crippen LogP contribution is 2.34. The van der Waals surface area contributed by atoms with Crippen molar-refractivity contribution in [2.24, 2.45) is 0 Å². The molecule has 0 saturated heterocycles.